The van der Waals surface area contributed by atoms with Crippen LogP contribution in [0, 0.1) is 0 Å². The molecule has 0 bridgehead atoms. The number of furan rings is 1. The molecule has 0 N–H and O–H groups in total. The molecule has 0 amide bonds. The lowest BCUT2D eigenvalue weighted by Crippen LogP contribution is -2.27. The highest BCUT2D eigenvalue weighted by atomic mass is 16.5. The van der Waals surface area contributed by atoms with Crippen molar-refractivity contribution in [3.8, 4) is 0 Å². The molecule has 4 aromatic rings. The van der Waals surface area contributed by atoms with Crippen molar-refractivity contribution in [2.24, 2.45) is 0 Å². The number of aromatic nitrogens is 2. The largest absolute Gasteiger partial charge is 0.450 e. The standard InChI is InChI=1S/C20H19N3O2/c1-24-12-11-23(13-15-7-3-2-4-8-15)20-19-18(21-14-22-20)16-9-5-6-10-17(16)25-19/h2-10,14H,11-13H2,1H3. The van der Waals surface area contributed by atoms with Gasteiger partial charge in [0.1, 0.15) is 17.4 Å². The molecule has 0 fully saturated rings. The van der Waals surface area contributed by atoms with Gasteiger partial charge in [0.05, 0.1) is 6.61 Å². The summed E-state index contributed by atoms with van der Waals surface area (Å²) in [7, 11) is 1.71. The zero-order valence-corrected chi connectivity index (χ0v) is 14.1. The summed E-state index contributed by atoms with van der Waals surface area (Å²) < 4.78 is 11.4. The van der Waals surface area contributed by atoms with E-state index in [-0.39, 0.29) is 0 Å². The van der Waals surface area contributed by atoms with Crippen LogP contribution in [-0.4, -0.2) is 30.2 Å². The highest BCUT2D eigenvalue weighted by Crippen LogP contribution is 2.32. The molecule has 2 aromatic carbocycles. The maximum Gasteiger partial charge on any atom is 0.196 e. The Morgan fingerprint density at radius 1 is 1.00 bits per heavy atom. The maximum atomic E-state index is 6.07. The Morgan fingerprint density at radius 3 is 2.64 bits per heavy atom. The molecule has 25 heavy (non-hydrogen) atoms. The van der Waals surface area contributed by atoms with Crippen molar-refractivity contribution in [1.82, 2.24) is 9.97 Å². The van der Waals surface area contributed by atoms with Crippen LogP contribution in [0.15, 0.2) is 65.3 Å². The minimum atomic E-state index is 0.610. The quantitative estimate of drug-likeness (QED) is 0.533. The average Bonchev–Trinajstić information content (AvgIpc) is 3.05. The van der Waals surface area contributed by atoms with Crippen molar-refractivity contribution in [3.63, 3.8) is 0 Å². The number of hydrogen-bond donors (Lipinski definition) is 0. The van der Waals surface area contributed by atoms with E-state index in [9.17, 15) is 0 Å². The van der Waals surface area contributed by atoms with Gasteiger partial charge >= 0.3 is 0 Å². The fourth-order valence-electron chi connectivity index (χ4n) is 3.00. The summed E-state index contributed by atoms with van der Waals surface area (Å²) in [5, 5.41) is 1.01. The third-order valence-corrected chi connectivity index (χ3v) is 4.22. The second-order valence-corrected chi connectivity index (χ2v) is 5.87. The van der Waals surface area contributed by atoms with Crippen molar-refractivity contribution >= 4 is 27.9 Å². The molecule has 0 radical (unpaired) electrons. The Labute approximate surface area is 145 Å². The van der Waals surface area contributed by atoms with Gasteiger partial charge in [-0.1, -0.05) is 42.5 Å². The first-order valence-electron chi connectivity index (χ1n) is 8.27. The molecule has 4 rings (SSSR count). The van der Waals surface area contributed by atoms with Crippen LogP contribution in [0.5, 0.6) is 0 Å². The molecule has 0 aliphatic carbocycles. The molecular weight excluding hydrogens is 314 g/mol. The minimum Gasteiger partial charge on any atom is -0.450 e. The molecule has 0 aliphatic heterocycles. The smallest absolute Gasteiger partial charge is 0.196 e. The van der Waals surface area contributed by atoms with E-state index in [1.165, 1.54) is 5.56 Å². The zero-order valence-electron chi connectivity index (χ0n) is 14.1. The predicted molar refractivity (Wildman–Crippen MR) is 98.7 cm³/mol. The summed E-state index contributed by atoms with van der Waals surface area (Å²) in [5.41, 5.74) is 3.60. The lowest BCUT2D eigenvalue weighted by molar-refractivity contribution is 0.205. The molecule has 0 spiro atoms. The number of benzene rings is 2. The van der Waals surface area contributed by atoms with Crippen LogP contribution < -0.4 is 4.90 Å². The first-order valence-corrected chi connectivity index (χ1v) is 8.27. The predicted octanol–water partition coefficient (Wildman–Crippen LogP) is 4.03. The van der Waals surface area contributed by atoms with Gasteiger partial charge in [-0.2, -0.15) is 0 Å². The van der Waals surface area contributed by atoms with Gasteiger partial charge in [-0.25, -0.2) is 9.97 Å². The Morgan fingerprint density at radius 2 is 1.80 bits per heavy atom. The number of ether oxygens (including phenoxy) is 1. The minimum absolute atomic E-state index is 0.610. The molecule has 0 aliphatic rings. The Bertz CT molecular complexity index is 982. The molecular formula is C20H19N3O2. The first kappa shape index (κ1) is 15.6. The van der Waals surface area contributed by atoms with Crippen molar-refractivity contribution in [1.29, 1.82) is 0 Å². The van der Waals surface area contributed by atoms with Crippen LogP contribution in [0.1, 0.15) is 5.56 Å². The highest BCUT2D eigenvalue weighted by molar-refractivity contribution is 6.05. The van der Waals surface area contributed by atoms with Crippen LogP contribution in [-0.2, 0) is 11.3 Å². The topological polar surface area (TPSA) is 51.4 Å². The second-order valence-electron chi connectivity index (χ2n) is 5.87. The van der Waals surface area contributed by atoms with E-state index in [1.54, 1.807) is 13.4 Å². The summed E-state index contributed by atoms with van der Waals surface area (Å²) in [6.45, 7) is 2.06. The number of fused-ring (bicyclic) bond motifs is 3. The summed E-state index contributed by atoms with van der Waals surface area (Å²) in [4.78, 5) is 11.1. The Kier molecular flexibility index (Phi) is 4.31. The Balaban J connectivity index is 1.80. The van der Waals surface area contributed by atoms with Crippen LogP contribution >= 0.6 is 0 Å². The second kappa shape index (κ2) is 6.91. The van der Waals surface area contributed by atoms with Gasteiger partial charge in [0, 0.05) is 25.6 Å². The molecule has 126 valence electrons. The SMILES string of the molecule is COCCN(Cc1ccccc1)c1ncnc2c1oc1ccccc12. The normalized spacial score (nSPS) is 11.2. The Hall–Kier alpha value is -2.92. The molecule has 2 aromatic heterocycles. The van der Waals surface area contributed by atoms with Crippen LogP contribution in [0.25, 0.3) is 22.1 Å². The lowest BCUT2D eigenvalue weighted by atomic mass is 10.2. The van der Waals surface area contributed by atoms with Crippen molar-refractivity contribution in [2.75, 3.05) is 25.2 Å². The number of nitrogens with zero attached hydrogens (tertiary/aromatic N) is 3. The summed E-state index contributed by atoms with van der Waals surface area (Å²) >= 11 is 0. The highest BCUT2D eigenvalue weighted by Gasteiger charge is 2.18. The summed E-state index contributed by atoms with van der Waals surface area (Å²) in [6, 6.07) is 18.3. The van der Waals surface area contributed by atoms with E-state index < -0.39 is 0 Å². The van der Waals surface area contributed by atoms with Gasteiger partial charge in [-0.05, 0) is 17.7 Å². The van der Waals surface area contributed by atoms with Gasteiger partial charge in [0.15, 0.2) is 11.4 Å². The zero-order chi connectivity index (χ0) is 17.1. The van der Waals surface area contributed by atoms with Gasteiger partial charge in [-0.15, -0.1) is 0 Å². The van der Waals surface area contributed by atoms with Gasteiger partial charge in [-0.3, -0.25) is 0 Å². The van der Waals surface area contributed by atoms with E-state index in [0.717, 1.165) is 34.4 Å². The van der Waals surface area contributed by atoms with E-state index in [2.05, 4.69) is 27.0 Å². The van der Waals surface area contributed by atoms with Crippen LogP contribution in [0.2, 0.25) is 0 Å². The molecule has 2 heterocycles. The van der Waals surface area contributed by atoms with Gasteiger partial charge in [0.25, 0.3) is 0 Å². The summed E-state index contributed by atoms with van der Waals surface area (Å²) in [6.07, 6.45) is 1.60. The molecule has 5 nitrogen and oxygen atoms in total. The fraction of sp³-hybridized carbons (Fsp3) is 0.200. The number of rotatable bonds is 6. The maximum absolute atomic E-state index is 6.07. The molecule has 0 atom stereocenters. The third-order valence-electron chi connectivity index (χ3n) is 4.22. The van der Waals surface area contributed by atoms with Crippen molar-refractivity contribution in [3.05, 3.63) is 66.5 Å². The van der Waals surface area contributed by atoms with E-state index in [1.807, 2.05) is 42.5 Å². The van der Waals surface area contributed by atoms with Crippen molar-refractivity contribution < 1.29 is 9.15 Å². The van der Waals surface area contributed by atoms with Crippen molar-refractivity contribution in [2.45, 2.75) is 6.54 Å². The fourth-order valence-corrected chi connectivity index (χ4v) is 3.00. The lowest BCUT2D eigenvalue weighted by Gasteiger charge is -2.23. The molecule has 0 unspecified atom stereocenters. The van der Waals surface area contributed by atoms with E-state index in [4.69, 9.17) is 9.15 Å². The van der Waals surface area contributed by atoms with E-state index in [0.29, 0.717) is 13.2 Å². The average molecular weight is 333 g/mol. The summed E-state index contributed by atoms with van der Waals surface area (Å²) in [5.74, 6) is 0.794. The third kappa shape index (κ3) is 3.06. The molecule has 0 saturated heterocycles. The van der Waals surface area contributed by atoms with Gasteiger partial charge < -0.3 is 14.1 Å². The monoisotopic (exact) mass is 333 g/mol. The van der Waals surface area contributed by atoms with Crippen LogP contribution in [0.3, 0.4) is 0 Å². The molecule has 5 heteroatoms. The van der Waals surface area contributed by atoms with E-state index >= 15 is 0 Å². The molecule has 0 saturated carbocycles. The number of methoxy groups -OCH3 is 1. The number of para-hydroxylation sites is 1. The van der Waals surface area contributed by atoms with Gasteiger partial charge in [0.2, 0.25) is 0 Å². The number of anilines is 1. The first-order chi connectivity index (χ1) is 12.4. The van der Waals surface area contributed by atoms with Crippen LogP contribution in [0.4, 0.5) is 5.82 Å². The number of hydrogen-bond acceptors (Lipinski definition) is 5.